The fourth-order valence-corrected chi connectivity index (χ4v) is 2.78. The Balaban J connectivity index is 1.91. The van der Waals surface area contributed by atoms with Crippen molar-refractivity contribution in [2.45, 2.75) is 13.0 Å². The van der Waals surface area contributed by atoms with Gasteiger partial charge in [0.05, 0.1) is 12.2 Å². The summed E-state index contributed by atoms with van der Waals surface area (Å²) < 4.78 is 26.2. The number of hydrogen-bond acceptors (Lipinski definition) is 4. The van der Waals surface area contributed by atoms with Gasteiger partial charge in [-0.1, -0.05) is 29.8 Å². The molecular formula is C16H12ClF2N3S. The summed E-state index contributed by atoms with van der Waals surface area (Å²) >= 11 is 7.43. The maximum absolute atomic E-state index is 13.1. The zero-order valence-electron chi connectivity index (χ0n) is 11.8. The van der Waals surface area contributed by atoms with Crippen LogP contribution in [0, 0.1) is 0 Å². The highest BCUT2D eigenvalue weighted by Crippen LogP contribution is 2.26. The summed E-state index contributed by atoms with van der Waals surface area (Å²) in [6.45, 7) is 0.490. The molecule has 118 valence electrons. The van der Waals surface area contributed by atoms with Crippen molar-refractivity contribution in [2.24, 2.45) is 0 Å². The first-order chi connectivity index (χ1) is 11.1. The Morgan fingerprint density at radius 1 is 1.13 bits per heavy atom. The molecule has 0 bridgehead atoms. The second kappa shape index (κ2) is 7.02. The molecule has 0 aliphatic heterocycles. The van der Waals surface area contributed by atoms with E-state index in [1.165, 1.54) is 6.07 Å². The average molecular weight is 352 g/mol. The molecule has 2 heterocycles. The second-order valence-corrected chi connectivity index (χ2v) is 6.21. The summed E-state index contributed by atoms with van der Waals surface area (Å²) in [5, 5.41) is 5.52. The van der Waals surface area contributed by atoms with Crippen LogP contribution in [0.3, 0.4) is 0 Å². The highest BCUT2D eigenvalue weighted by atomic mass is 35.5. The van der Waals surface area contributed by atoms with Gasteiger partial charge in [-0.3, -0.25) is 0 Å². The fourth-order valence-electron chi connectivity index (χ4n) is 2.00. The smallest absolute Gasteiger partial charge is 0.280 e. The van der Waals surface area contributed by atoms with Crippen LogP contribution in [0.4, 0.5) is 14.7 Å². The molecule has 3 rings (SSSR count). The van der Waals surface area contributed by atoms with Crippen molar-refractivity contribution in [3.63, 3.8) is 0 Å². The number of rotatable bonds is 5. The Hall–Kier alpha value is -2.05. The van der Waals surface area contributed by atoms with E-state index in [9.17, 15) is 8.78 Å². The Bertz CT molecular complexity index is 777. The van der Waals surface area contributed by atoms with Gasteiger partial charge in [-0.15, -0.1) is 11.3 Å². The number of thiophene rings is 1. The molecule has 23 heavy (non-hydrogen) atoms. The molecule has 0 unspecified atom stereocenters. The second-order valence-electron chi connectivity index (χ2n) is 4.74. The monoisotopic (exact) mass is 351 g/mol. The summed E-state index contributed by atoms with van der Waals surface area (Å²) in [5.41, 5.74) is 0.831. The maximum atomic E-state index is 13.1. The maximum Gasteiger partial charge on any atom is 0.280 e. The van der Waals surface area contributed by atoms with Crippen molar-refractivity contribution in [1.82, 2.24) is 9.97 Å². The number of halogens is 3. The molecule has 0 radical (unpaired) electrons. The van der Waals surface area contributed by atoms with Crippen molar-refractivity contribution in [2.75, 3.05) is 5.32 Å². The predicted octanol–water partition coefficient (Wildman–Crippen LogP) is 5.41. The first-order valence-electron chi connectivity index (χ1n) is 6.81. The first kappa shape index (κ1) is 15.8. The molecule has 0 spiro atoms. The normalized spacial score (nSPS) is 11.0. The zero-order chi connectivity index (χ0) is 16.2. The Labute approximate surface area is 141 Å². The highest BCUT2D eigenvalue weighted by Gasteiger charge is 2.14. The van der Waals surface area contributed by atoms with E-state index in [1.54, 1.807) is 35.6 Å². The molecule has 1 N–H and O–H groups in total. The third-order valence-electron chi connectivity index (χ3n) is 3.11. The van der Waals surface area contributed by atoms with Gasteiger partial charge in [-0.2, -0.15) is 0 Å². The van der Waals surface area contributed by atoms with Gasteiger partial charge in [-0.25, -0.2) is 18.7 Å². The molecule has 0 amide bonds. The lowest BCUT2D eigenvalue weighted by atomic mass is 10.1. The summed E-state index contributed by atoms with van der Waals surface area (Å²) in [5.74, 6) is 0.182. The van der Waals surface area contributed by atoms with Crippen LogP contribution >= 0.6 is 22.9 Å². The van der Waals surface area contributed by atoms with Crippen LogP contribution in [0.5, 0.6) is 0 Å². The number of aromatic nitrogens is 2. The number of alkyl halides is 2. The van der Waals surface area contributed by atoms with E-state index in [2.05, 4.69) is 15.3 Å². The van der Waals surface area contributed by atoms with E-state index in [4.69, 9.17) is 11.6 Å². The topological polar surface area (TPSA) is 37.8 Å². The van der Waals surface area contributed by atoms with Crippen molar-refractivity contribution in [3.8, 4) is 11.3 Å². The van der Waals surface area contributed by atoms with Gasteiger partial charge >= 0.3 is 0 Å². The SMILES string of the molecule is FC(F)c1cc(-c2ccc(Cl)cc2)nc(NCc2cccs2)n1. The molecule has 0 atom stereocenters. The van der Waals surface area contributed by atoms with Crippen LogP contribution in [0.25, 0.3) is 11.3 Å². The van der Waals surface area contributed by atoms with Crippen LogP contribution in [-0.2, 0) is 6.54 Å². The summed E-state index contributed by atoms with van der Waals surface area (Å²) in [4.78, 5) is 9.28. The third-order valence-corrected chi connectivity index (χ3v) is 4.24. The van der Waals surface area contributed by atoms with Gasteiger partial charge in [0.2, 0.25) is 5.95 Å². The van der Waals surface area contributed by atoms with Crippen LogP contribution in [-0.4, -0.2) is 9.97 Å². The first-order valence-corrected chi connectivity index (χ1v) is 8.07. The van der Waals surface area contributed by atoms with Gasteiger partial charge in [0.1, 0.15) is 5.69 Å². The van der Waals surface area contributed by atoms with Crippen LogP contribution in [0.15, 0.2) is 47.8 Å². The molecule has 0 saturated heterocycles. The Morgan fingerprint density at radius 2 is 1.91 bits per heavy atom. The highest BCUT2D eigenvalue weighted by molar-refractivity contribution is 7.09. The van der Waals surface area contributed by atoms with Crippen LogP contribution < -0.4 is 5.32 Å². The molecule has 0 saturated carbocycles. The predicted molar refractivity (Wildman–Crippen MR) is 89.1 cm³/mol. The standard InChI is InChI=1S/C16H12ClF2N3S/c17-11-5-3-10(4-6-11)13-8-14(15(18)19)22-16(21-13)20-9-12-2-1-7-23-12/h1-8,15H,9H2,(H,20,21,22). The summed E-state index contributed by atoms with van der Waals surface area (Å²) in [6, 6.07) is 12.0. The molecule has 3 nitrogen and oxygen atoms in total. The quantitative estimate of drug-likeness (QED) is 0.668. The van der Waals surface area contributed by atoms with Gasteiger partial charge in [0.25, 0.3) is 6.43 Å². The fraction of sp³-hybridized carbons (Fsp3) is 0.125. The van der Waals surface area contributed by atoms with Crippen LogP contribution in [0.2, 0.25) is 5.02 Å². The number of hydrogen-bond donors (Lipinski definition) is 1. The average Bonchev–Trinajstić information content (AvgIpc) is 3.07. The largest absolute Gasteiger partial charge is 0.349 e. The molecular weight excluding hydrogens is 340 g/mol. The lowest BCUT2D eigenvalue weighted by Crippen LogP contribution is -2.05. The number of nitrogens with one attached hydrogen (secondary N) is 1. The zero-order valence-corrected chi connectivity index (χ0v) is 13.4. The van der Waals surface area contributed by atoms with Crippen molar-refractivity contribution >= 4 is 28.9 Å². The lowest BCUT2D eigenvalue weighted by molar-refractivity contribution is 0.146. The molecule has 0 aliphatic rings. The molecule has 7 heteroatoms. The van der Waals surface area contributed by atoms with E-state index < -0.39 is 6.43 Å². The Kier molecular flexibility index (Phi) is 4.83. The van der Waals surface area contributed by atoms with Gasteiger partial charge in [-0.05, 0) is 29.6 Å². The van der Waals surface area contributed by atoms with E-state index in [1.807, 2.05) is 17.5 Å². The van der Waals surface area contributed by atoms with E-state index in [0.717, 1.165) is 4.88 Å². The summed E-state index contributed by atoms with van der Waals surface area (Å²) in [6.07, 6.45) is -2.66. The number of nitrogens with zero attached hydrogens (tertiary/aromatic N) is 2. The number of benzene rings is 1. The van der Waals surface area contributed by atoms with Gasteiger partial charge in [0.15, 0.2) is 0 Å². The van der Waals surface area contributed by atoms with Crippen molar-refractivity contribution in [1.29, 1.82) is 0 Å². The van der Waals surface area contributed by atoms with Gasteiger partial charge < -0.3 is 5.32 Å². The molecule has 1 aromatic carbocycles. The minimum Gasteiger partial charge on any atom is -0.349 e. The third kappa shape index (κ3) is 4.03. The molecule has 0 aliphatic carbocycles. The minimum absolute atomic E-state index is 0.182. The molecule has 0 fully saturated rings. The van der Waals surface area contributed by atoms with E-state index >= 15 is 0 Å². The van der Waals surface area contributed by atoms with Crippen molar-refractivity contribution < 1.29 is 8.78 Å². The van der Waals surface area contributed by atoms with Gasteiger partial charge in [0, 0.05) is 15.5 Å². The molecule has 2 aromatic heterocycles. The van der Waals surface area contributed by atoms with E-state index in [0.29, 0.717) is 22.8 Å². The Morgan fingerprint density at radius 3 is 2.57 bits per heavy atom. The van der Waals surface area contributed by atoms with E-state index in [-0.39, 0.29) is 11.6 Å². The van der Waals surface area contributed by atoms with Crippen LogP contribution in [0.1, 0.15) is 17.0 Å². The lowest BCUT2D eigenvalue weighted by Gasteiger charge is -2.09. The minimum atomic E-state index is -2.66. The number of anilines is 1. The van der Waals surface area contributed by atoms with Crippen molar-refractivity contribution in [3.05, 3.63) is 63.4 Å². The summed E-state index contributed by atoms with van der Waals surface area (Å²) in [7, 11) is 0. The molecule has 3 aromatic rings.